The topological polar surface area (TPSA) is 130 Å². The van der Waals surface area contributed by atoms with Gasteiger partial charge in [-0.25, -0.2) is 0 Å². The van der Waals surface area contributed by atoms with Crippen molar-refractivity contribution >= 4 is 17.7 Å². The Labute approximate surface area is 260 Å². The number of aliphatic hydroxyl groups is 3. The Balaban J connectivity index is 2.14. The minimum Gasteiger partial charge on any atom is -0.463 e. The Hall–Kier alpha value is -2.03. The van der Waals surface area contributed by atoms with Crippen molar-refractivity contribution in [3.8, 4) is 0 Å². The normalized spacial score (nSPS) is 20.2. The van der Waals surface area contributed by atoms with Crippen LogP contribution in [-0.4, -0.2) is 64.6 Å². The molecule has 0 aromatic carbocycles. The minimum atomic E-state index is -1.05. The van der Waals surface area contributed by atoms with Crippen molar-refractivity contribution in [2.24, 2.45) is 11.8 Å². The zero-order chi connectivity index (χ0) is 31.7. The fourth-order valence-corrected chi connectivity index (χ4v) is 5.36. The number of Topliss-reactive ketones (excluding diaryl/α,β-unsaturated/α-hetero) is 1. The number of carbonyl (C=O) groups is 3. The Kier molecular flexibility index (Phi) is 23.0. The quantitative estimate of drug-likeness (QED) is 0.0574. The van der Waals surface area contributed by atoms with Crippen molar-refractivity contribution in [2.75, 3.05) is 13.2 Å². The van der Waals surface area contributed by atoms with Gasteiger partial charge in [0.25, 0.3) is 0 Å². The maximum atomic E-state index is 12.4. The summed E-state index contributed by atoms with van der Waals surface area (Å²) in [5.41, 5.74) is 0. The monoisotopic (exact) mass is 608 g/mol. The lowest BCUT2D eigenvalue weighted by molar-refractivity contribution is -0.152. The van der Waals surface area contributed by atoms with E-state index in [1.54, 1.807) is 12.2 Å². The van der Waals surface area contributed by atoms with Crippen molar-refractivity contribution in [3.05, 3.63) is 24.3 Å². The summed E-state index contributed by atoms with van der Waals surface area (Å²) >= 11 is 0. The van der Waals surface area contributed by atoms with Crippen LogP contribution in [0.3, 0.4) is 0 Å². The lowest BCUT2D eigenvalue weighted by atomic mass is 9.90. The van der Waals surface area contributed by atoms with Gasteiger partial charge in [0.05, 0.1) is 12.2 Å². The molecule has 0 saturated heterocycles. The smallest absolute Gasteiger partial charge is 0.305 e. The van der Waals surface area contributed by atoms with E-state index in [-0.39, 0.29) is 49.6 Å². The number of ketones is 1. The van der Waals surface area contributed by atoms with Crippen LogP contribution in [0.2, 0.25) is 0 Å². The molecular formula is C35H60O8. The predicted molar refractivity (Wildman–Crippen MR) is 169 cm³/mol. The molecule has 248 valence electrons. The van der Waals surface area contributed by atoms with E-state index in [0.29, 0.717) is 32.1 Å². The average Bonchev–Trinajstić information content (AvgIpc) is 3.25. The summed E-state index contributed by atoms with van der Waals surface area (Å²) in [4.78, 5) is 36.2. The first-order valence-electron chi connectivity index (χ1n) is 17.0. The molecule has 1 aliphatic carbocycles. The highest BCUT2D eigenvalue weighted by Gasteiger charge is 2.39. The molecule has 3 N–H and O–H groups in total. The first kappa shape index (κ1) is 39.0. The third kappa shape index (κ3) is 19.8. The van der Waals surface area contributed by atoms with Gasteiger partial charge < -0.3 is 24.8 Å². The predicted octanol–water partition coefficient (Wildman–Crippen LogP) is 6.53. The lowest BCUT2D eigenvalue weighted by Crippen LogP contribution is -2.25. The fraction of sp³-hybridized carbons (Fsp3) is 0.800. The zero-order valence-electron chi connectivity index (χ0n) is 26.9. The summed E-state index contributed by atoms with van der Waals surface area (Å²) < 4.78 is 10.2. The zero-order valence-corrected chi connectivity index (χ0v) is 26.9. The van der Waals surface area contributed by atoms with Crippen LogP contribution in [-0.2, 0) is 23.9 Å². The largest absolute Gasteiger partial charge is 0.463 e. The number of allylic oxidation sites excluding steroid dienone is 2. The molecule has 0 radical (unpaired) electrons. The molecule has 1 saturated carbocycles. The molecule has 1 rings (SSSR count). The van der Waals surface area contributed by atoms with E-state index in [1.165, 1.54) is 38.5 Å². The second-order valence-corrected chi connectivity index (χ2v) is 12.1. The number of hydrogen-bond donors (Lipinski definition) is 3. The van der Waals surface area contributed by atoms with Crippen LogP contribution < -0.4 is 0 Å². The van der Waals surface area contributed by atoms with Gasteiger partial charge in [0, 0.05) is 31.1 Å². The number of aliphatic hydroxyl groups excluding tert-OH is 3. The Morgan fingerprint density at radius 3 is 2.00 bits per heavy atom. The van der Waals surface area contributed by atoms with Gasteiger partial charge in [0.15, 0.2) is 0 Å². The number of esters is 2. The van der Waals surface area contributed by atoms with Gasteiger partial charge in [-0.05, 0) is 32.1 Å². The minimum absolute atomic E-state index is 0.0311. The summed E-state index contributed by atoms with van der Waals surface area (Å²) in [5.74, 6) is -1.34. The highest BCUT2D eigenvalue weighted by Crippen LogP contribution is 2.33. The van der Waals surface area contributed by atoms with Gasteiger partial charge in [-0.15, -0.1) is 0 Å². The Bertz CT molecular complexity index is 808. The van der Waals surface area contributed by atoms with Crippen molar-refractivity contribution in [2.45, 2.75) is 154 Å². The molecule has 8 nitrogen and oxygen atoms in total. The van der Waals surface area contributed by atoms with Crippen molar-refractivity contribution in [3.63, 3.8) is 0 Å². The second kappa shape index (κ2) is 25.3. The second-order valence-electron chi connectivity index (χ2n) is 12.1. The third-order valence-corrected chi connectivity index (χ3v) is 8.06. The summed E-state index contributed by atoms with van der Waals surface area (Å²) in [6.07, 6.45) is 21.7. The molecule has 43 heavy (non-hydrogen) atoms. The molecule has 0 amide bonds. The summed E-state index contributed by atoms with van der Waals surface area (Å²) in [6, 6.07) is 0. The van der Waals surface area contributed by atoms with Crippen LogP contribution in [0.1, 0.15) is 136 Å². The van der Waals surface area contributed by atoms with Gasteiger partial charge in [-0.2, -0.15) is 0 Å². The van der Waals surface area contributed by atoms with Gasteiger partial charge in [-0.1, -0.05) is 109 Å². The molecule has 0 aromatic rings. The van der Waals surface area contributed by atoms with Crippen LogP contribution >= 0.6 is 0 Å². The first-order chi connectivity index (χ1) is 20.8. The van der Waals surface area contributed by atoms with E-state index in [1.807, 2.05) is 12.2 Å². The van der Waals surface area contributed by atoms with E-state index >= 15 is 0 Å². The molecule has 1 aliphatic rings. The Morgan fingerprint density at radius 2 is 1.37 bits per heavy atom. The van der Waals surface area contributed by atoms with E-state index in [9.17, 15) is 29.7 Å². The standard InChI is InChI=1S/C35H60O8/c1-3-5-7-8-9-10-11-12-17-21-34(40)42-26-29(37)27-43-35(41)22-18-14-13-16-20-30-31(33(39)25-32(30)38)24-23-28(36)19-15-6-4-2/h13,16,23-24,28-31,33,36-37,39H,3-12,14-15,17-22,25-27H2,1-2H3/b16-13-,24-23+/t28-,29-,30+,31+,33+/m0/s1. The number of hydrogen-bond acceptors (Lipinski definition) is 8. The van der Waals surface area contributed by atoms with Crippen LogP contribution in [0.5, 0.6) is 0 Å². The molecule has 0 aromatic heterocycles. The van der Waals surface area contributed by atoms with Gasteiger partial charge in [0.2, 0.25) is 0 Å². The molecule has 1 fully saturated rings. The lowest BCUT2D eigenvalue weighted by Gasteiger charge is -2.16. The summed E-state index contributed by atoms with van der Waals surface area (Å²) in [6.45, 7) is 3.92. The van der Waals surface area contributed by atoms with Crippen LogP contribution in [0.4, 0.5) is 0 Å². The maximum Gasteiger partial charge on any atom is 0.305 e. The van der Waals surface area contributed by atoms with Crippen LogP contribution in [0, 0.1) is 11.8 Å². The van der Waals surface area contributed by atoms with Gasteiger partial charge >= 0.3 is 11.9 Å². The van der Waals surface area contributed by atoms with E-state index in [4.69, 9.17) is 9.47 Å². The molecule has 8 heteroatoms. The Morgan fingerprint density at radius 1 is 0.814 bits per heavy atom. The summed E-state index contributed by atoms with van der Waals surface area (Å²) in [5, 5.41) is 30.4. The van der Waals surface area contributed by atoms with Crippen LogP contribution in [0.25, 0.3) is 0 Å². The van der Waals surface area contributed by atoms with Crippen molar-refractivity contribution < 1.29 is 39.2 Å². The first-order valence-corrected chi connectivity index (χ1v) is 17.0. The van der Waals surface area contributed by atoms with E-state index < -0.39 is 24.3 Å². The number of unbranched alkanes of at least 4 members (excludes halogenated alkanes) is 11. The molecule has 0 bridgehead atoms. The van der Waals surface area contributed by atoms with Crippen molar-refractivity contribution in [1.82, 2.24) is 0 Å². The molecule has 0 heterocycles. The number of ether oxygens (including phenoxy) is 2. The number of rotatable bonds is 26. The molecule has 0 unspecified atom stereocenters. The van der Waals surface area contributed by atoms with Gasteiger partial charge in [-0.3, -0.25) is 14.4 Å². The average molecular weight is 609 g/mol. The highest BCUT2D eigenvalue weighted by molar-refractivity contribution is 5.84. The van der Waals surface area contributed by atoms with E-state index in [0.717, 1.165) is 38.5 Å². The highest BCUT2D eigenvalue weighted by atomic mass is 16.6. The molecular weight excluding hydrogens is 548 g/mol. The molecule has 5 atom stereocenters. The molecule has 0 spiro atoms. The molecule has 0 aliphatic heterocycles. The maximum absolute atomic E-state index is 12.4. The fourth-order valence-electron chi connectivity index (χ4n) is 5.36. The van der Waals surface area contributed by atoms with Gasteiger partial charge in [0.1, 0.15) is 25.1 Å². The van der Waals surface area contributed by atoms with Crippen molar-refractivity contribution in [1.29, 1.82) is 0 Å². The summed E-state index contributed by atoms with van der Waals surface area (Å²) in [7, 11) is 0. The van der Waals surface area contributed by atoms with Crippen LogP contribution in [0.15, 0.2) is 24.3 Å². The SMILES string of the molecule is CCCCCCCCCCCC(=O)OC[C@H](O)COC(=O)CCC/C=C\C[C@H]1C(=O)C[C@@H](O)[C@@H]1/C=C/[C@@H](O)CCCCC. The number of carbonyl (C=O) groups excluding carboxylic acids is 3. The van der Waals surface area contributed by atoms with E-state index in [2.05, 4.69) is 13.8 Å². The third-order valence-electron chi connectivity index (χ3n) is 8.06.